The molecule has 0 saturated heterocycles. The maximum absolute atomic E-state index is 5.32. The van der Waals surface area contributed by atoms with Gasteiger partial charge in [-0.1, -0.05) is 115 Å². The average molecular weight is 655 g/mol. The van der Waals surface area contributed by atoms with Gasteiger partial charge in [-0.15, -0.1) is 11.3 Å². The van der Waals surface area contributed by atoms with Gasteiger partial charge in [0, 0.05) is 43.6 Å². The largest absolute Gasteiger partial charge is 0.308 e. The zero-order valence-electron chi connectivity index (χ0n) is 26.7. The van der Waals surface area contributed by atoms with E-state index in [-0.39, 0.29) is 0 Å². The summed E-state index contributed by atoms with van der Waals surface area (Å²) in [5, 5.41) is 6.97. The molecule has 0 bridgehead atoms. The molecule has 0 radical (unpaired) electrons. The molecule has 11 rings (SSSR count). The number of para-hydroxylation sites is 2. The lowest BCUT2D eigenvalue weighted by molar-refractivity contribution is 1.23. The smallest absolute Gasteiger partial charge is 0.160 e. The molecule has 0 aliphatic heterocycles. The molecule has 0 aliphatic carbocycles. The maximum atomic E-state index is 5.32. The summed E-state index contributed by atoms with van der Waals surface area (Å²) in [5.41, 5.74) is 12.0. The first-order chi connectivity index (χ1) is 24.8. The summed E-state index contributed by atoms with van der Waals surface area (Å²) < 4.78 is 3.64. The molecular weight excluding hydrogens is 629 g/mol. The van der Waals surface area contributed by atoms with Gasteiger partial charge in [-0.3, -0.25) is 0 Å². The first kappa shape index (κ1) is 27.5. The molecule has 0 spiro atoms. The van der Waals surface area contributed by atoms with Crippen molar-refractivity contribution in [1.29, 1.82) is 0 Å². The summed E-state index contributed by atoms with van der Waals surface area (Å²) in [6, 6.07) is 55.7. The Morgan fingerprint density at radius 2 is 1.12 bits per heavy atom. The molecule has 0 saturated carbocycles. The van der Waals surface area contributed by atoms with Gasteiger partial charge in [-0.05, 0) is 53.6 Å². The molecule has 5 heteroatoms. The molecule has 4 nitrogen and oxygen atoms in total. The van der Waals surface area contributed by atoms with Gasteiger partial charge in [0.15, 0.2) is 5.82 Å². The van der Waals surface area contributed by atoms with Crippen LogP contribution in [0.25, 0.3) is 104 Å². The van der Waals surface area contributed by atoms with Crippen LogP contribution < -0.4 is 0 Å². The maximum Gasteiger partial charge on any atom is 0.160 e. The monoisotopic (exact) mass is 654 g/mol. The van der Waals surface area contributed by atoms with E-state index in [2.05, 4.69) is 162 Å². The fourth-order valence-corrected chi connectivity index (χ4v) is 8.80. The van der Waals surface area contributed by atoms with Crippen LogP contribution >= 0.6 is 11.3 Å². The third-order valence-corrected chi connectivity index (χ3v) is 11.1. The summed E-state index contributed by atoms with van der Waals surface area (Å²) in [5.74, 6) is 0.714. The molecular formula is C45H26N4S. The number of hydrogen-bond acceptors (Lipinski definition) is 4. The van der Waals surface area contributed by atoms with Gasteiger partial charge in [0.1, 0.15) is 5.01 Å². The summed E-state index contributed by atoms with van der Waals surface area (Å²) in [6.45, 7) is 0. The minimum atomic E-state index is 0.714. The zero-order chi connectivity index (χ0) is 32.8. The van der Waals surface area contributed by atoms with Gasteiger partial charge in [-0.25, -0.2) is 15.0 Å². The average Bonchev–Trinajstić information content (AvgIpc) is 3.87. The Bertz CT molecular complexity index is 3090. The van der Waals surface area contributed by atoms with Crippen LogP contribution in [-0.4, -0.2) is 19.4 Å². The Balaban J connectivity index is 1.18. The molecule has 0 fully saturated rings. The Labute approximate surface area is 290 Å². The molecule has 7 aromatic carbocycles. The third-order valence-electron chi connectivity index (χ3n) is 9.94. The summed E-state index contributed by atoms with van der Waals surface area (Å²) in [7, 11) is 0. The topological polar surface area (TPSA) is 43.1 Å². The molecule has 0 aliphatic rings. The van der Waals surface area contributed by atoms with Crippen LogP contribution in [0.5, 0.6) is 0 Å². The van der Waals surface area contributed by atoms with Crippen molar-refractivity contribution >= 4 is 70.6 Å². The van der Waals surface area contributed by atoms with Crippen LogP contribution in [0, 0.1) is 0 Å². The van der Waals surface area contributed by atoms with E-state index in [4.69, 9.17) is 15.0 Å². The van der Waals surface area contributed by atoms with Crippen LogP contribution in [0.2, 0.25) is 0 Å². The molecule has 0 atom stereocenters. The first-order valence-electron chi connectivity index (χ1n) is 16.8. The second-order valence-corrected chi connectivity index (χ2v) is 13.8. The highest BCUT2D eigenvalue weighted by Gasteiger charge is 2.23. The Hall–Kier alpha value is -6.43. The number of fused-ring (bicyclic) bond motifs is 9. The number of hydrogen-bond donors (Lipinski definition) is 0. The van der Waals surface area contributed by atoms with E-state index in [1.807, 2.05) is 0 Å². The van der Waals surface area contributed by atoms with Crippen molar-refractivity contribution in [3.05, 3.63) is 158 Å². The van der Waals surface area contributed by atoms with E-state index in [9.17, 15) is 0 Å². The molecule has 0 unspecified atom stereocenters. The van der Waals surface area contributed by atoms with Crippen LogP contribution in [0.3, 0.4) is 0 Å². The Kier molecular flexibility index (Phi) is 5.80. The molecule has 232 valence electrons. The SMILES string of the molecule is c1ccc(-c2cccc(-c3nc(-c4ccc5c(c4)c4c6sc(-c7ccccc7)nc6cc6c7ccccc7n5c64)nc4ccccc34)c2)cc1. The fraction of sp³-hybridized carbons (Fsp3) is 0. The lowest BCUT2D eigenvalue weighted by Crippen LogP contribution is -1.95. The van der Waals surface area contributed by atoms with Crippen LogP contribution in [-0.2, 0) is 0 Å². The van der Waals surface area contributed by atoms with Gasteiger partial charge in [0.25, 0.3) is 0 Å². The van der Waals surface area contributed by atoms with Crippen molar-refractivity contribution in [3.8, 4) is 44.3 Å². The second-order valence-electron chi connectivity index (χ2n) is 12.8. The van der Waals surface area contributed by atoms with Crippen LogP contribution in [0.15, 0.2) is 158 Å². The van der Waals surface area contributed by atoms with Crippen molar-refractivity contribution in [2.24, 2.45) is 0 Å². The van der Waals surface area contributed by atoms with Gasteiger partial charge in [-0.2, -0.15) is 0 Å². The molecule has 4 heterocycles. The van der Waals surface area contributed by atoms with Crippen LogP contribution in [0.1, 0.15) is 0 Å². The normalized spacial score (nSPS) is 12.0. The van der Waals surface area contributed by atoms with Crippen molar-refractivity contribution in [1.82, 2.24) is 19.4 Å². The van der Waals surface area contributed by atoms with E-state index >= 15 is 0 Å². The number of nitrogens with zero attached hydrogens (tertiary/aromatic N) is 4. The van der Waals surface area contributed by atoms with E-state index in [1.54, 1.807) is 11.3 Å². The third kappa shape index (κ3) is 4.01. The molecule has 11 aromatic rings. The molecule has 0 amide bonds. The van der Waals surface area contributed by atoms with Crippen molar-refractivity contribution in [3.63, 3.8) is 0 Å². The van der Waals surface area contributed by atoms with Gasteiger partial charge in [0.05, 0.1) is 38.0 Å². The Morgan fingerprint density at radius 3 is 1.98 bits per heavy atom. The second kappa shape index (κ2) is 10.5. The molecule has 0 N–H and O–H groups in total. The van der Waals surface area contributed by atoms with Gasteiger partial charge < -0.3 is 4.40 Å². The van der Waals surface area contributed by atoms with E-state index < -0.39 is 0 Å². The number of rotatable bonds is 4. The zero-order valence-corrected chi connectivity index (χ0v) is 27.5. The number of aromatic nitrogens is 4. The van der Waals surface area contributed by atoms with Crippen molar-refractivity contribution in [2.45, 2.75) is 0 Å². The predicted molar refractivity (Wildman–Crippen MR) is 209 cm³/mol. The minimum Gasteiger partial charge on any atom is -0.308 e. The van der Waals surface area contributed by atoms with Gasteiger partial charge in [0.2, 0.25) is 0 Å². The predicted octanol–water partition coefficient (Wildman–Crippen LogP) is 12.1. The Morgan fingerprint density at radius 1 is 0.420 bits per heavy atom. The summed E-state index contributed by atoms with van der Waals surface area (Å²) >= 11 is 1.77. The minimum absolute atomic E-state index is 0.714. The summed E-state index contributed by atoms with van der Waals surface area (Å²) in [6.07, 6.45) is 0. The number of benzene rings is 7. The lowest BCUT2D eigenvalue weighted by Gasteiger charge is -2.11. The highest BCUT2D eigenvalue weighted by atomic mass is 32.1. The van der Waals surface area contributed by atoms with E-state index in [1.165, 1.54) is 48.4 Å². The van der Waals surface area contributed by atoms with Crippen molar-refractivity contribution in [2.75, 3.05) is 0 Å². The first-order valence-corrected chi connectivity index (χ1v) is 17.6. The van der Waals surface area contributed by atoms with E-state index in [0.29, 0.717) is 5.82 Å². The fourth-order valence-electron chi connectivity index (χ4n) is 7.69. The quantitative estimate of drug-likeness (QED) is 0.190. The highest BCUT2D eigenvalue weighted by Crippen LogP contribution is 2.46. The van der Waals surface area contributed by atoms with Crippen LogP contribution in [0.4, 0.5) is 0 Å². The highest BCUT2D eigenvalue weighted by molar-refractivity contribution is 7.22. The van der Waals surface area contributed by atoms with Gasteiger partial charge >= 0.3 is 0 Å². The lowest BCUT2D eigenvalue weighted by atomic mass is 9.99. The van der Waals surface area contributed by atoms with Crippen molar-refractivity contribution < 1.29 is 0 Å². The molecule has 4 aromatic heterocycles. The summed E-state index contributed by atoms with van der Waals surface area (Å²) in [4.78, 5) is 15.7. The van der Waals surface area contributed by atoms with E-state index in [0.717, 1.165) is 49.4 Å². The standard InChI is InChI=1S/C45H26N4S/c1-3-12-27(13-4-1)29-16-11-17-30(24-29)41-33-19-7-9-20-36(33)46-44(48-41)31-22-23-39-35(25-31)40-42-34(32-18-8-10-21-38(32)49(39)42)26-37-43(40)50-45(47-37)28-14-5-2-6-15-28/h1-26H. The molecule has 50 heavy (non-hydrogen) atoms. The number of thiazole rings is 1.